The van der Waals surface area contributed by atoms with Gasteiger partial charge in [0.2, 0.25) is 5.91 Å². The number of nitrogens with one attached hydrogen (secondary N) is 1. The van der Waals surface area contributed by atoms with Gasteiger partial charge in [-0.15, -0.1) is 0 Å². The molecule has 0 rings (SSSR count). The Hall–Kier alpha value is -0.830. The minimum absolute atomic E-state index is 0.0764. The lowest BCUT2D eigenvalue weighted by Gasteiger charge is -2.28. The summed E-state index contributed by atoms with van der Waals surface area (Å²) in [7, 11) is 0. The highest BCUT2D eigenvalue weighted by Crippen LogP contribution is 2.24. The van der Waals surface area contributed by atoms with Gasteiger partial charge in [0.1, 0.15) is 0 Å². The lowest BCUT2D eigenvalue weighted by Crippen LogP contribution is -2.45. The standard InChI is InChI=1S/C12H24N2O/c1-5-12(6-2,9-13)11(15)14-8-7-10(3)4/h7H,5-6,8-9,13H2,1-4H3,(H,14,15). The smallest absolute Gasteiger partial charge is 0.227 e. The minimum atomic E-state index is -0.379. The zero-order valence-electron chi connectivity index (χ0n) is 10.4. The van der Waals surface area contributed by atoms with Crippen molar-refractivity contribution < 1.29 is 4.79 Å². The maximum Gasteiger partial charge on any atom is 0.227 e. The molecule has 0 aromatic carbocycles. The summed E-state index contributed by atoms with van der Waals surface area (Å²) in [6.07, 6.45) is 3.59. The Labute approximate surface area is 93.1 Å². The molecule has 0 spiro atoms. The van der Waals surface area contributed by atoms with Crippen LogP contribution in [0, 0.1) is 5.41 Å². The van der Waals surface area contributed by atoms with Crippen LogP contribution in [0.15, 0.2) is 11.6 Å². The van der Waals surface area contributed by atoms with Crippen molar-refractivity contribution >= 4 is 5.91 Å². The van der Waals surface area contributed by atoms with Gasteiger partial charge >= 0.3 is 0 Å². The third-order valence-corrected chi connectivity index (χ3v) is 3.00. The molecule has 15 heavy (non-hydrogen) atoms. The van der Waals surface area contributed by atoms with Crippen LogP contribution in [0.3, 0.4) is 0 Å². The van der Waals surface area contributed by atoms with Crippen LogP contribution in [-0.2, 0) is 4.79 Å². The third kappa shape index (κ3) is 4.04. The molecule has 0 atom stereocenters. The summed E-state index contributed by atoms with van der Waals surface area (Å²) in [5, 5.41) is 2.91. The van der Waals surface area contributed by atoms with E-state index in [0.717, 1.165) is 12.8 Å². The summed E-state index contributed by atoms with van der Waals surface area (Å²) in [4.78, 5) is 11.9. The van der Waals surface area contributed by atoms with Crippen LogP contribution in [0.5, 0.6) is 0 Å². The normalized spacial score (nSPS) is 11.0. The zero-order chi connectivity index (χ0) is 11.9. The maximum atomic E-state index is 11.9. The average molecular weight is 212 g/mol. The van der Waals surface area contributed by atoms with E-state index >= 15 is 0 Å². The Kier molecular flexibility index (Phi) is 6.25. The molecule has 3 nitrogen and oxygen atoms in total. The predicted octanol–water partition coefficient (Wildman–Crippen LogP) is 1.83. The lowest BCUT2D eigenvalue weighted by atomic mass is 9.81. The molecule has 0 aliphatic rings. The summed E-state index contributed by atoms with van der Waals surface area (Å²) in [6.45, 7) is 9.07. The highest BCUT2D eigenvalue weighted by atomic mass is 16.2. The van der Waals surface area contributed by atoms with Gasteiger partial charge in [0.25, 0.3) is 0 Å². The van der Waals surface area contributed by atoms with Crippen LogP contribution >= 0.6 is 0 Å². The molecular formula is C12H24N2O. The summed E-state index contributed by atoms with van der Waals surface area (Å²) in [6, 6.07) is 0. The maximum absolute atomic E-state index is 11.9. The summed E-state index contributed by atoms with van der Waals surface area (Å²) < 4.78 is 0. The van der Waals surface area contributed by atoms with Crippen molar-refractivity contribution in [1.29, 1.82) is 0 Å². The largest absolute Gasteiger partial charge is 0.352 e. The molecule has 88 valence electrons. The molecule has 0 heterocycles. The van der Waals surface area contributed by atoms with E-state index in [1.54, 1.807) is 0 Å². The van der Waals surface area contributed by atoms with Gasteiger partial charge in [-0.1, -0.05) is 25.5 Å². The second kappa shape index (κ2) is 6.62. The zero-order valence-corrected chi connectivity index (χ0v) is 10.4. The molecule has 0 aromatic rings. The van der Waals surface area contributed by atoms with E-state index in [-0.39, 0.29) is 11.3 Å². The molecule has 3 N–H and O–H groups in total. The number of allylic oxidation sites excluding steroid dienone is 1. The summed E-state index contributed by atoms with van der Waals surface area (Å²) in [5.74, 6) is 0.0764. The van der Waals surface area contributed by atoms with Gasteiger partial charge in [-0.25, -0.2) is 0 Å². The quantitative estimate of drug-likeness (QED) is 0.660. The molecular weight excluding hydrogens is 188 g/mol. The van der Waals surface area contributed by atoms with Crippen molar-refractivity contribution in [1.82, 2.24) is 5.32 Å². The molecule has 0 bridgehead atoms. The fourth-order valence-corrected chi connectivity index (χ4v) is 1.49. The molecule has 0 saturated carbocycles. The number of rotatable bonds is 6. The van der Waals surface area contributed by atoms with E-state index in [0.29, 0.717) is 13.1 Å². The van der Waals surface area contributed by atoms with Gasteiger partial charge in [0.15, 0.2) is 0 Å². The first-order chi connectivity index (χ1) is 7.02. The van der Waals surface area contributed by atoms with Gasteiger partial charge in [-0.3, -0.25) is 4.79 Å². The summed E-state index contributed by atoms with van der Waals surface area (Å²) in [5.41, 5.74) is 6.52. The Morgan fingerprint density at radius 2 is 1.87 bits per heavy atom. The number of hydrogen-bond donors (Lipinski definition) is 2. The molecule has 3 heteroatoms. The molecule has 1 amide bonds. The second-order valence-electron chi connectivity index (χ2n) is 4.18. The summed E-state index contributed by atoms with van der Waals surface area (Å²) >= 11 is 0. The van der Waals surface area contributed by atoms with Crippen molar-refractivity contribution in [3.05, 3.63) is 11.6 Å². The first-order valence-corrected chi connectivity index (χ1v) is 5.64. The van der Waals surface area contributed by atoms with Crippen molar-refractivity contribution in [3.8, 4) is 0 Å². The van der Waals surface area contributed by atoms with E-state index in [1.807, 2.05) is 33.8 Å². The van der Waals surface area contributed by atoms with Crippen LogP contribution in [-0.4, -0.2) is 19.0 Å². The lowest BCUT2D eigenvalue weighted by molar-refractivity contribution is -0.130. The van der Waals surface area contributed by atoms with Crippen LogP contribution in [0.2, 0.25) is 0 Å². The van der Waals surface area contributed by atoms with E-state index in [2.05, 4.69) is 5.32 Å². The monoisotopic (exact) mass is 212 g/mol. The van der Waals surface area contributed by atoms with Gasteiger partial charge < -0.3 is 11.1 Å². The van der Waals surface area contributed by atoms with Crippen LogP contribution in [0.1, 0.15) is 40.5 Å². The van der Waals surface area contributed by atoms with Crippen molar-refractivity contribution in [2.24, 2.45) is 11.1 Å². The van der Waals surface area contributed by atoms with E-state index < -0.39 is 0 Å². The number of carbonyl (C=O) groups is 1. The molecule has 0 radical (unpaired) electrons. The minimum Gasteiger partial charge on any atom is -0.352 e. The number of hydrogen-bond acceptors (Lipinski definition) is 2. The molecule has 0 saturated heterocycles. The van der Waals surface area contributed by atoms with Gasteiger partial charge in [-0.2, -0.15) is 0 Å². The Balaban J connectivity index is 4.34. The molecule has 0 fully saturated rings. The molecule has 0 unspecified atom stereocenters. The Morgan fingerprint density at radius 1 is 1.33 bits per heavy atom. The molecule has 0 aromatic heterocycles. The van der Waals surface area contributed by atoms with E-state index in [4.69, 9.17) is 5.73 Å². The number of amides is 1. The van der Waals surface area contributed by atoms with Crippen molar-refractivity contribution in [2.45, 2.75) is 40.5 Å². The van der Waals surface area contributed by atoms with Crippen LogP contribution in [0.25, 0.3) is 0 Å². The highest BCUT2D eigenvalue weighted by molar-refractivity contribution is 5.82. The van der Waals surface area contributed by atoms with Crippen LogP contribution in [0.4, 0.5) is 0 Å². The van der Waals surface area contributed by atoms with E-state index in [9.17, 15) is 4.79 Å². The Morgan fingerprint density at radius 3 is 2.20 bits per heavy atom. The molecule has 0 aliphatic heterocycles. The first-order valence-electron chi connectivity index (χ1n) is 5.64. The SMILES string of the molecule is CCC(CC)(CN)C(=O)NCC=C(C)C. The van der Waals surface area contributed by atoms with Crippen molar-refractivity contribution in [2.75, 3.05) is 13.1 Å². The highest BCUT2D eigenvalue weighted by Gasteiger charge is 2.32. The van der Waals surface area contributed by atoms with Gasteiger partial charge in [0, 0.05) is 13.1 Å². The number of nitrogens with two attached hydrogens (primary N) is 1. The van der Waals surface area contributed by atoms with Crippen molar-refractivity contribution in [3.63, 3.8) is 0 Å². The third-order valence-electron chi connectivity index (χ3n) is 3.00. The van der Waals surface area contributed by atoms with Crippen LogP contribution < -0.4 is 11.1 Å². The number of carbonyl (C=O) groups excluding carboxylic acids is 1. The molecule has 0 aliphatic carbocycles. The van der Waals surface area contributed by atoms with Gasteiger partial charge in [-0.05, 0) is 26.7 Å². The fraction of sp³-hybridized carbons (Fsp3) is 0.750. The Bertz CT molecular complexity index is 218. The second-order valence-corrected chi connectivity index (χ2v) is 4.18. The predicted molar refractivity (Wildman–Crippen MR) is 64.5 cm³/mol. The van der Waals surface area contributed by atoms with E-state index in [1.165, 1.54) is 5.57 Å². The average Bonchev–Trinajstić information content (AvgIpc) is 2.21. The first kappa shape index (κ1) is 14.2. The fourth-order valence-electron chi connectivity index (χ4n) is 1.49. The topological polar surface area (TPSA) is 55.1 Å². The van der Waals surface area contributed by atoms with Gasteiger partial charge in [0.05, 0.1) is 5.41 Å².